The number of β-amino-alcohol motifs (C(OH)–C–C–N with tert-alkyl or cyclic N) is 1. The first-order valence-electron chi connectivity index (χ1n) is 11.7. The summed E-state index contributed by atoms with van der Waals surface area (Å²) in [5, 5.41) is 21.4. The number of nitrogens with zero attached hydrogens (tertiary/aromatic N) is 3. The van der Waals surface area contributed by atoms with E-state index >= 15 is 0 Å². The van der Waals surface area contributed by atoms with Crippen LogP contribution in [-0.2, 0) is 13.0 Å². The van der Waals surface area contributed by atoms with E-state index in [1.165, 1.54) is 11.3 Å². The van der Waals surface area contributed by atoms with Gasteiger partial charge in [-0.15, -0.1) is 11.3 Å². The first-order valence-corrected chi connectivity index (χ1v) is 12.5. The minimum absolute atomic E-state index is 0.110. The molecule has 0 radical (unpaired) electrons. The van der Waals surface area contributed by atoms with Gasteiger partial charge in [0.2, 0.25) is 5.43 Å². The number of rotatable bonds is 6. The van der Waals surface area contributed by atoms with E-state index in [4.69, 9.17) is 4.42 Å². The maximum atomic E-state index is 13.7. The Labute approximate surface area is 201 Å². The van der Waals surface area contributed by atoms with Crippen LogP contribution in [0.4, 0.5) is 0 Å². The van der Waals surface area contributed by atoms with Gasteiger partial charge in [-0.25, -0.2) is 4.98 Å². The standard InChI is InChI=1S/C26H29N3O4S/c1-3-17-14-18-24(32)22(26-27-20-6-4-5-7-21(20)34-26)16(2)33-25(18)19(23(17)31)15-29-10-8-28(9-11-29)12-13-30/h4-7,14,30-31H,3,8-13,15H2,1-2H3. The summed E-state index contributed by atoms with van der Waals surface area (Å²) >= 11 is 1.49. The van der Waals surface area contributed by atoms with E-state index < -0.39 is 0 Å². The van der Waals surface area contributed by atoms with E-state index in [2.05, 4.69) is 14.8 Å². The van der Waals surface area contributed by atoms with Gasteiger partial charge in [-0.1, -0.05) is 19.1 Å². The predicted molar refractivity (Wildman–Crippen MR) is 136 cm³/mol. The molecule has 0 saturated carbocycles. The van der Waals surface area contributed by atoms with Gasteiger partial charge in [0.05, 0.1) is 33.3 Å². The molecule has 4 aromatic rings. The van der Waals surface area contributed by atoms with Gasteiger partial charge in [0.1, 0.15) is 22.1 Å². The smallest absolute Gasteiger partial charge is 0.203 e. The van der Waals surface area contributed by atoms with Crippen molar-refractivity contribution in [1.82, 2.24) is 14.8 Å². The van der Waals surface area contributed by atoms with Crippen LogP contribution < -0.4 is 5.43 Å². The Hall–Kier alpha value is -2.78. The molecule has 8 heteroatoms. The van der Waals surface area contributed by atoms with E-state index in [0.717, 1.165) is 42.0 Å². The van der Waals surface area contributed by atoms with Crippen LogP contribution in [0.15, 0.2) is 39.5 Å². The van der Waals surface area contributed by atoms with Gasteiger partial charge in [-0.3, -0.25) is 14.6 Å². The zero-order chi connectivity index (χ0) is 23.8. The number of phenolic OH excluding ortho intramolecular Hbond substituents is 1. The zero-order valence-electron chi connectivity index (χ0n) is 19.5. The second-order valence-corrected chi connectivity index (χ2v) is 9.81. The summed E-state index contributed by atoms with van der Waals surface area (Å²) in [6.07, 6.45) is 0.614. The van der Waals surface area contributed by atoms with Crippen molar-refractivity contribution in [3.05, 3.63) is 57.4 Å². The number of benzene rings is 2. The molecule has 178 valence electrons. The number of aromatic nitrogens is 1. The Morgan fingerprint density at radius 1 is 1.15 bits per heavy atom. The topological polar surface area (TPSA) is 90.0 Å². The lowest BCUT2D eigenvalue weighted by Crippen LogP contribution is -2.46. The largest absolute Gasteiger partial charge is 0.507 e. The molecular weight excluding hydrogens is 450 g/mol. The van der Waals surface area contributed by atoms with Crippen molar-refractivity contribution in [2.45, 2.75) is 26.8 Å². The van der Waals surface area contributed by atoms with Crippen molar-refractivity contribution >= 4 is 32.5 Å². The van der Waals surface area contributed by atoms with Crippen molar-refractivity contribution in [3.8, 4) is 16.3 Å². The molecule has 5 rings (SSSR count). The molecule has 1 saturated heterocycles. The molecule has 0 amide bonds. The van der Waals surface area contributed by atoms with Crippen LogP contribution in [0, 0.1) is 6.92 Å². The van der Waals surface area contributed by atoms with Gasteiger partial charge in [0.25, 0.3) is 0 Å². The summed E-state index contributed by atoms with van der Waals surface area (Å²) in [7, 11) is 0. The van der Waals surface area contributed by atoms with Crippen LogP contribution in [0.25, 0.3) is 31.8 Å². The van der Waals surface area contributed by atoms with Crippen molar-refractivity contribution in [2.24, 2.45) is 0 Å². The number of piperazine rings is 1. The third kappa shape index (κ3) is 4.11. The number of aryl methyl sites for hydroxylation is 2. The van der Waals surface area contributed by atoms with Crippen LogP contribution >= 0.6 is 11.3 Å². The van der Waals surface area contributed by atoms with Gasteiger partial charge in [0, 0.05) is 39.3 Å². The van der Waals surface area contributed by atoms with Gasteiger partial charge >= 0.3 is 0 Å². The fraction of sp³-hybridized carbons (Fsp3) is 0.385. The average molecular weight is 480 g/mol. The lowest BCUT2D eigenvalue weighted by Gasteiger charge is -2.34. The third-order valence-corrected chi connectivity index (χ3v) is 7.71. The van der Waals surface area contributed by atoms with Crippen LogP contribution in [0.3, 0.4) is 0 Å². The summed E-state index contributed by atoms with van der Waals surface area (Å²) in [5.74, 6) is 0.720. The molecule has 34 heavy (non-hydrogen) atoms. The highest BCUT2D eigenvalue weighted by Gasteiger charge is 2.24. The number of aliphatic hydroxyl groups is 1. The molecule has 7 nitrogen and oxygen atoms in total. The normalized spacial score (nSPS) is 15.5. The number of fused-ring (bicyclic) bond motifs is 2. The molecule has 0 bridgehead atoms. The molecule has 1 aliphatic heterocycles. The number of aromatic hydroxyl groups is 1. The zero-order valence-corrected chi connectivity index (χ0v) is 20.3. The van der Waals surface area contributed by atoms with Crippen LogP contribution in [0.5, 0.6) is 5.75 Å². The highest BCUT2D eigenvalue weighted by atomic mass is 32.1. The average Bonchev–Trinajstić information content (AvgIpc) is 3.26. The molecule has 3 heterocycles. The molecule has 0 unspecified atom stereocenters. The molecule has 2 N–H and O–H groups in total. The quantitative estimate of drug-likeness (QED) is 0.435. The summed E-state index contributed by atoms with van der Waals surface area (Å²) < 4.78 is 7.30. The second-order valence-electron chi connectivity index (χ2n) is 8.78. The molecule has 2 aromatic heterocycles. The number of para-hydroxylation sites is 1. The SMILES string of the molecule is CCc1cc2c(=O)c(-c3nc4ccccc4s3)c(C)oc2c(CN2CCN(CCO)CC2)c1O. The molecule has 0 atom stereocenters. The van der Waals surface area contributed by atoms with Crippen molar-refractivity contribution in [1.29, 1.82) is 0 Å². The van der Waals surface area contributed by atoms with E-state index in [0.29, 0.717) is 52.4 Å². The molecule has 0 spiro atoms. The highest BCUT2D eigenvalue weighted by molar-refractivity contribution is 7.21. The van der Waals surface area contributed by atoms with Crippen molar-refractivity contribution in [2.75, 3.05) is 39.3 Å². The predicted octanol–water partition coefficient (Wildman–Crippen LogP) is 3.76. The third-order valence-electron chi connectivity index (χ3n) is 6.66. The summed E-state index contributed by atoms with van der Waals surface area (Å²) in [5.41, 5.74) is 3.11. The van der Waals surface area contributed by atoms with Crippen LogP contribution in [0.1, 0.15) is 23.8 Å². The van der Waals surface area contributed by atoms with Gasteiger partial charge in [0.15, 0.2) is 0 Å². The Bertz CT molecular complexity index is 1370. The number of aliphatic hydroxyl groups excluding tert-OH is 1. The summed E-state index contributed by atoms with van der Waals surface area (Å²) in [4.78, 5) is 22.9. The Morgan fingerprint density at radius 2 is 1.88 bits per heavy atom. The second kappa shape index (κ2) is 9.46. The maximum Gasteiger partial charge on any atom is 0.203 e. The molecule has 1 aliphatic rings. The van der Waals surface area contributed by atoms with E-state index in [1.54, 1.807) is 13.0 Å². The lowest BCUT2D eigenvalue weighted by atomic mass is 10.00. The molecule has 0 aliphatic carbocycles. The first-order chi connectivity index (χ1) is 16.5. The Balaban J connectivity index is 1.59. The van der Waals surface area contributed by atoms with Crippen LogP contribution in [0.2, 0.25) is 0 Å². The van der Waals surface area contributed by atoms with Crippen molar-refractivity contribution in [3.63, 3.8) is 0 Å². The minimum Gasteiger partial charge on any atom is -0.507 e. The van der Waals surface area contributed by atoms with E-state index in [1.807, 2.05) is 31.2 Å². The maximum absolute atomic E-state index is 13.7. The van der Waals surface area contributed by atoms with Gasteiger partial charge in [-0.05, 0) is 37.1 Å². The fourth-order valence-corrected chi connectivity index (χ4v) is 5.79. The van der Waals surface area contributed by atoms with E-state index in [-0.39, 0.29) is 17.8 Å². The molecule has 2 aromatic carbocycles. The Kier molecular flexibility index (Phi) is 6.40. The van der Waals surface area contributed by atoms with Gasteiger partial charge in [-0.2, -0.15) is 0 Å². The minimum atomic E-state index is -0.110. The number of hydrogen-bond donors (Lipinski definition) is 2. The number of phenols is 1. The van der Waals surface area contributed by atoms with E-state index in [9.17, 15) is 15.0 Å². The molecular formula is C26H29N3O4S. The number of thiazole rings is 1. The number of hydrogen-bond acceptors (Lipinski definition) is 8. The monoisotopic (exact) mass is 479 g/mol. The molecule has 1 fully saturated rings. The Morgan fingerprint density at radius 3 is 2.59 bits per heavy atom. The first kappa shape index (κ1) is 23.0. The van der Waals surface area contributed by atoms with Crippen molar-refractivity contribution < 1.29 is 14.6 Å². The lowest BCUT2D eigenvalue weighted by molar-refractivity contribution is 0.108. The summed E-state index contributed by atoms with van der Waals surface area (Å²) in [6.45, 7) is 8.48. The highest BCUT2D eigenvalue weighted by Crippen LogP contribution is 2.36. The van der Waals surface area contributed by atoms with Gasteiger partial charge < -0.3 is 14.6 Å². The summed E-state index contributed by atoms with van der Waals surface area (Å²) in [6, 6.07) is 9.62. The van der Waals surface area contributed by atoms with Crippen LogP contribution in [-0.4, -0.2) is 64.3 Å². The fourth-order valence-electron chi connectivity index (χ4n) is 4.74.